The number of nitrogens with zero attached hydrogens (tertiary/aromatic N) is 1. The van der Waals surface area contributed by atoms with E-state index in [9.17, 15) is 0 Å². The predicted molar refractivity (Wildman–Crippen MR) is 73.6 cm³/mol. The lowest BCUT2D eigenvalue weighted by atomic mass is 10.1. The van der Waals surface area contributed by atoms with Crippen LogP contribution in [-0.2, 0) is 6.54 Å². The van der Waals surface area contributed by atoms with Gasteiger partial charge in [0.25, 0.3) is 0 Å². The standard InChI is InChI=1S/C14H22N2S/c1-10-8-12(17-11(10)2)9-15-13-5-7-16-6-3-4-14(13)16/h8,13-15H,3-7,9H2,1-2H3. The second kappa shape index (κ2) is 4.71. The lowest BCUT2D eigenvalue weighted by Crippen LogP contribution is -2.38. The molecule has 94 valence electrons. The Morgan fingerprint density at radius 3 is 3.00 bits per heavy atom. The van der Waals surface area contributed by atoms with Gasteiger partial charge in [-0.2, -0.15) is 0 Å². The van der Waals surface area contributed by atoms with Gasteiger partial charge in [0, 0.05) is 34.9 Å². The van der Waals surface area contributed by atoms with Gasteiger partial charge in [-0.25, -0.2) is 0 Å². The van der Waals surface area contributed by atoms with Gasteiger partial charge < -0.3 is 5.32 Å². The van der Waals surface area contributed by atoms with Crippen LogP contribution in [0.25, 0.3) is 0 Å². The van der Waals surface area contributed by atoms with E-state index in [1.165, 1.54) is 47.7 Å². The SMILES string of the molecule is Cc1cc(CNC2CCN3CCCC23)sc1C. The molecule has 1 aromatic rings. The van der Waals surface area contributed by atoms with E-state index in [0.29, 0.717) is 0 Å². The van der Waals surface area contributed by atoms with E-state index in [4.69, 9.17) is 0 Å². The molecule has 2 saturated heterocycles. The highest BCUT2D eigenvalue weighted by Crippen LogP contribution is 2.28. The highest BCUT2D eigenvalue weighted by molar-refractivity contribution is 7.12. The Morgan fingerprint density at radius 2 is 2.24 bits per heavy atom. The largest absolute Gasteiger partial charge is 0.307 e. The molecule has 3 heterocycles. The van der Waals surface area contributed by atoms with Crippen molar-refractivity contribution < 1.29 is 0 Å². The summed E-state index contributed by atoms with van der Waals surface area (Å²) in [5, 5.41) is 3.78. The number of aryl methyl sites for hydroxylation is 2. The Kier molecular flexibility index (Phi) is 3.24. The van der Waals surface area contributed by atoms with Crippen LogP contribution in [0.5, 0.6) is 0 Å². The molecule has 0 saturated carbocycles. The molecule has 0 amide bonds. The average molecular weight is 250 g/mol. The van der Waals surface area contributed by atoms with Crippen LogP contribution in [0.3, 0.4) is 0 Å². The first kappa shape index (κ1) is 11.7. The van der Waals surface area contributed by atoms with E-state index in [0.717, 1.165) is 18.6 Å². The Hall–Kier alpha value is -0.380. The van der Waals surface area contributed by atoms with Crippen LogP contribution in [0.2, 0.25) is 0 Å². The summed E-state index contributed by atoms with van der Waals surface area (Å²) >= 11 is 1.95. The van der Waals surface area contributed by atoms with Gasteiger partial charge in [0.1, 0.15) is 0 Å². The molecule has 1 N–H and O–H groups in total. The first-order chi connectivity index (χ1) is 8.24. The van der Waals surface area contributed by atoms with Gasteiger partial charge in [0.15, 0.2) is 0 Å². The third-order valence-electron chi connectivity index (χ3n) is 4.36. The van der Waals surface area contributed by atoms with Gasteiger partial charge in [-0.15, -0.1) is 11.3 Å². The van der Waals surface area contributed by atoms with E-state index in [2.05, 4.69) is 30.1 Å². The average Bonchev–Trinajstić information content (AvgIpc) is 2.94. The topological polar surface area (TPSA) is 15.3 Å². The van der Waals surface area contributed by atoms with Gasteiger partial charge in [0.05, 0.1) is 0 Å². The molecule has 0 aromatic carbocycles. The Bertz CT molecular complexity index is 379. The van der Waals surface area contributed by atoms with Crippen molar-refractivity contribution in [1.29, 1.82) is 0 Å². The molecular weight excluding hydrogens is 228 g/mol. The quantitative estimate of drug-likeness (QED) is 0.887. The second-order valence-corrected chi connectivity index (χ2v) is 6.81. The zero-order valence-corrected chi connectivity index (χ0v) is 11.6. The monoisotopic (exact) mass is 250 g/mol. The van der Waals surface area contributed by atoms with E-state index in [1.807, 2.05) is 11.3 Å². The smallest absolute Gasteiger partial charge is 0.0303 e. The van der Waals surface area contributed by atoms with E-state index in [1.54, 1.807) is 0 Å². The van der Waals surface area contributed by atoms with Crippen LogP contribution in [-0.4, -0.2) is 30.1 Å². The maximum Gasteiger partial charge on any atom is 0.0303 e. The third-order valence-corrected chi connectivity index (χ3v) is 5.51. The number of fused-ring (bicyclic) bond motifs is 1. The first-order valence-electron chi connectivity index (χ1n) is 6.77. The Balaban J connectivity index is 1.57. The van der Waals surface area contributed by atoms with Crippen molar-refractivity contribution >= 4 is 11.3 Å². The molecule has 2 unspecified atom stereocenters. The second-order valence-electron chi connectivity index (χ2n) is 5.47. The third kappa shape index (κ3) is 2.28. The van der Waals surface area contributed by atoms with Crippen molar-refractivity contribution in [3.8, 4) is 0 Å². The molecule has 1 aromatic heterocycles. The molecule has 0 bridgehead atoms. The molecular formula is C14H22N2S. The molecule has 2 aliphatic heterocycles. The van der Waals surface area contributed by atoms with Crippen molar-refractivity contribution in [2.24, 2.45) is 0 Å². The van der Waals surface area contributed by atoms with Crippen molar-refractivity contribution in [3.63, 3.8) is 0 Å². The predicted octanol–water partition coefficient (Wildman–Crippen LogP) is 2.69. The fourth-order valence-electron chi connectivity index (χ4n) is 3.29. The van der Waals surface area contributed by atoms with Crippen molar-refractivity contribution in [3.05, 3.63) is 21.4 Å². The maximum atomic E-state index is 3.78. The molecule has 2 aliphatic rings. The molecule has 0 aliphatic carbocycles. The minimum absolute atomic E-state index is 0.736. The van der Waals surface area contributed by atoms with Gasteiger partial charge in [0.2, 0.25) is 0 Å². The Labute approximate surface area is 108 Å². The molecule has 0 spiro atoms. The minimum atomic E-state index is 0.736. The van der Waals surface area contributed by atoms with E-state index < -0.39 is 0 Å². The summed E-state index contributed by atoms with van der Waals surface area (Å²) in [7, 11) is 0. The molecule has 17 heavy (non-hydrogen) atoms. The summed E-state index contributed by atoms with van der Waals surface area (Å²) < 4.78 is 0. The number of nitrogens with one attached hydrogen (secondary N) is 1. The zero-order valence-electron chi connectivity index (χ0n) is 10.8. The van der Waals surface area contributed by atoms with Crippen molar-refractivity contribution in [1.82, 2.24) is 10.2 Å². The first-order valence-corrected chi connectivity index (χ1v) is 7.59. The molecule has 0 radical (unpaired) electrons. The van der Waals surface area contributed by atoms with Crippen molar-refractivity contribution in [2.75, 3.05) is 13.1 Å². The van der Waals surface area contributed by atoms with Crippen LogP contribution in [0, 0.1) is 13.8 Å². The zero-order chi connectivity index (χ0) is 11.8. The highest BCUT2D eigenvalue weighted by Gasteiger charge is 2.36. The fraction of sp³-hybridized carbons (Fsp3) is 0.714. The lowest BCUT2D eigenvalue weighted by molar-refractivity contribution is 0.299. The van der Waals surface area contributed by atoms with Gasteiger partial charge >= 0.3 is 0 Å². The minimum Gasteiger partial charge on any atom is -0.307 e. The lowest BCUT2D eigenvalue weighted by Gasteiger charge is -2.20. The number of hydrogen-bond acceptors (Lipinski definition) is 3. The normalized spacial score (nSPS) is 28.8. The van der Waals surface area contributed by atoms with Crippen LogP contribution >= 0.6 is 11.3 Å². The molecule has 2 fully saturated rings. The van der Waals surface area contributed by atoms with Gasteiger partial charge in [-0.1, -0.05) is 0 Å². The van der Waals surface area contributed by atoms with Crippen LogP contribution in [0.4, 0.5) is 0 Å². The van der Waals surface area contributed by atoms with E-state index >= 15 is 0 Å². The number of thiophene rings is 1. The van der Waals surface area contributed by atoms with Crippen LogP contribution in [0.1, 0.15) is 34.6 Å². The van der Waals surface area contributed by atoms with Crippen LogP contribution in [0.15, 0.2) is 6.07 Å². The summed E-state index contributed by atoms with van der Waals surface area (Å²) in [4.78, 5) is 5.63. The van der Waals surface area contributed by atoms with Gasteiger partial charge in [-0.3, -0.25) is 4.90 Å². The molecule has 2 nitrogen and oxygen atoms in total. The fourth-order valence-corrected chi connectivity index (χ4v) is 4.29. The summed E-state index contributed by atoms with van der Waals surface area (Å²) in [6.07, 6.45) is 4.15. The number of hydrogen-bond donors (Lipinski definition) is 1. The van der Waals surface area contributed by atoms with E-state index in [-0.39, 0.29) is 0 Å². The molecule has 3 heteroatoms. The summed E-state index contributed by atoms with van der Waals surface area (Å²) in [6.45, 7) is 8.14. The summed E-state index contributed by atoms with van der Waals surface area (Å²) in [5.74, 6) is 0. The summed E-state index contributed by atoms with van der Waals surface area (Å²) in [5.41, 5.74) is 1.45. The van der Waals surface area contributed by atoms with Gasteiger partial charge in [-0.05, 0) is 51.3 Å². The van der Waals surface area contributed by atoms with Crippen LogP contribution < -0.4 is 5.32 Å². The number of rotatable bonds is 3. The Morgan fingerprint density at radius 1 is 1.35 bits per heavy atom. The summed E-state index contributed by atoms with van der Waals surface area (Å²) in [6, 6.07) is 3.91. The highest BCUT2D eigenvalue weighted by atomic mass is 32.1. The van der Waals surface area contributed by atoms with Crippen molar-refractivity contribution in [2.45, 2.75) is 51.7 Å². The molecule has 2 atom stereocenters. The maximum absolute atomic E-state index is 3.78. The molecule has 3 rings (SSSR count).